The SMILES string of the molecule is Cc1noc(C)c1CC(=O)N1CCCC1c1ccc2c(c1)OCCO2. The molecular formula is C19H22N2O4. The van der Waals surface area contributed by atoms with Gasteiger partial charge in [-0.2, -0.15) is 0 Å². The number of aryl methyl sites for hydroxylation is 2. The first-order valence-corrected chi connectivity index (χ1v) is 8.74. The summed E-state index contributed by atoms with van der Waals surface area (Å²) >= 11 is 0. The Labute approximate surface area is 146 Å². The summed E-state index contributed by atoms with van der Waals surface area (Å²) < 4.78 is 16.5. The van der Waals surface area contributed by atoms with E-state index in [9.17, 15) is 4.79 Å². The molecule has 0 aliphatic carbocycles. The maximum Gasteiger partial charge on any atom is 0.227 e. The lowest BCUT2D eigenvalue weighted by Crippen LogP contribution is -2.32. The van der Waals surface area contributed by atoms with E-state index in [0.717, 1.165) is 53.5 Å². The third-order valence-corrected chi connectivity index (χ3v) is 5.03. The maximum absolute atomic E-state index is 12.9. The van der Waals surface area contributed by atoms with Crippen LogP contribution >= 0.6 is 0 Å². The van der Waals surface area contributed by atoms with Gasteiger partial charge in [-0.25, -0.2) is 0 Å². The molecule has 1 aromatic heterocycles. The molecule has 132 valence electrons. The Balaban J connectivity index is 1.55. The van der Waals surface area contributed by atoms with Crippen molar-refractivity contribution in [2.45, 2.75) is 39.2 Å². The minimum Gasteiger partial charge on any atom is -0.486 e. The molecule has 1 aromatic carbocycles. The quantitative estimate of drug-likeness (QED) is 0.858. The van der Waals surface area contributed by atoms with Gasteiger partial charge in [0.05, 0.1) is 18.2 Å². The summed E-state index contributed by atoms with van der Waals surface area (Å²) in [6.45, 7) is 5.65. The molecule has 2 aliphatic rings. The summed E-state index contributed by atoms with van der Waals surface area (Å²) in [5, 5.41) is 3.95. The number of carbonyl (C=O) groups excluding carboxylic acids is 1. The van der Waals surface area contributed by atoms with Gasteiger partial charge in [0.25, 0.3) is 0 Å². The number of aromatic nitrogens is 1. The number of carbonyl (C=O) groups is 1. The van der Waals surface area contributed by atoms with Crippen molar-refractivity contribution in [1.82, 2.24) is 10.1 Å². The number of amides is 1. The van der Waals surface area contributed by atoms with Gasteiger partial charge in [0.1, 0.15) is 19.0 Å². The second-order valence-corrected chi connectivity index (χ2v) is 6.63. The molecule has 1 amide bonds. The van der Waals surface area contributed by atoms with Gasteiger partial charge >= 0.3 is 0 Å². The lowest BCUT2D eigenvalue weighted by molar-refractivity contribution is -0.131. The van der Waals surface area contributed by atoms with E-state index in [0.29, 0.717) is 19.6 Å². The summed E-state index contributed by atoms with van der Waals surface area (Å²) in [5.41, 5.74) is 2.80. The maximum atomic E-state index is 12.9. The van der Waals surface area contributed by atoms with Gasteiger partial charge in [0.15, 0.2) is 11.5 Å². The number of rotatable bonds is 3. The molecule has 0 bridgehead atoms. The third-order valence-electron chi connectivity index (χ3n) is 5.03. The molecule has 6 nitrogen and oxygen atoms in total. The molecule has 3 heterocycles. The smallest absolute Gasteiger partial charge is 0.227 e. The first kappa shape index (κ1) is 16.0. The summed E-state index contributed by atoms with van der Waals surface area (Å²) in [5.74, 6) is 2.39. The van der Waals surface area contributed by atoms with E-state index in [1.807, 2.05) is 36.9 Å². The van der Waals surface area contributed by atoms with Crippen molar-refractivity contribution < 1.29 is 18.8 Å². The van der Waals surface area contributed by atoms with Crippen LogP contribution in [0.2, 0.25) is 0 Å². The third kappa shape index (κ3) is 2.97. The summed E-state index contributed by atoms with van der Waals surface area (Å²) in [6.07, 6.45) is 2.31. The molecule has 1 fully saturated rings. The largest absolute Gasteiger partial charge is 0.486 e. The van der Waals surface area contributed by atoms with Crippen molar-refractivity contribution in [3.05, 3.63) is 40.8 Å². The Hall–Kier alpha value is -2.50. The molecule has 0 spiro atoms. The topological polar surface area (TPSA) is 64.8 Å². The van der Waals surface area contributed by atoms with Crippen LogP contribution in [0.3, 0.4) is 0 Å². The lowest BCUT2D eigenvalue weighted by atomic mass is 10.0. The zero-order chi connectivity index (χ0) is 17.4. The first-order valence-electron chi connectivity index (χ1n) is 8.74. The second-order valence-electron chi connectivity index (χ2n) is 6.63. The van der Waals surface area contributed by atoms with Crippen LogP contribution in [0.15, 0.2) is 22.7 Å². The lowest BCUT2D eigenvalue weighted by Gasteiger charge is -2.27. The fourth-order valence-electron chi connectivity index (χ4n) is 3.69. The predicted octanol–water partition coefficient (Wildman–Crippen LogP) is 2.97. The van der Waals surface area contributed by atoms with Crippen LogP contribution in [0.25, 0.3) is 0 Å². The van der Waals surface area contributed by atoms with Crippen LogP contribution in [0, 0.1) is 13.8 Å². The first-order chi connectivity index (χ1) is 12.1. The number of nitrogens with zero attached hydrogens (tertiary/aromatic N) is 2. The summed E-state index contributed by atoms with van der Waals surface area (Å²) in [7, 11) is 0. The van der Waals surface area contributed by atoms with Crippen LogP contribution < -0.4 is 9.47 Å². The monoisotopic (exact) mass is 342 g/mol. The second kappa shape index (κ2) is 6.43. The molecule has 0 radical (unpaired) electrons. The molecule has 4 rings (SSSR count). The van der Waals surface area contributed by atoms with Crippen molar-refractivity contribution in [3.8, 4) is 11.5 Å². The van der Waals surface area contributed by atoms with Gasteiger partial charge in [0.2, 0.25) is 5.91 Å². The van der Waals surface area contributed by atoms with Gasteiger partial charge in [-0.05, 0) is 44.4 Å². The minimum absolute atomic E-state index is 0.0869. The van der Waals surface area contributed by atoms with Gasteiger partial charge < -0.3 is 18.9 Å². The van der Waals surface area contributed by atoms with Gasteiger partial charge in [-0.15, -0.1) is 0 Å². The number of hydrogen-bond donors (Lipinski definition) is 0. The number of benzene rings is 1. The molecule has 2 aromatic rings. The molecule has 25 heavy (non-hydrogen) atoms. The zero-order valence-electron chi connectivity index (χ0n) is 14.6. The van der Waals surface area contributed by atoms with Crippen LogP contribution in [-0.2, 0) is 11.2 Å². The van der Waals surface area contributed by atoms with Crippen molar-refractivity contribution in [2.24, 2.45) is 0 Å². The van der Waals surface area contributed by atoms with E-state index in [1.54, 1.807) is 0 Å². The van der Waals surface area contributed by atoms with Crippen LogP contribution in [0.5, 0.6) is 11.5 Å². The summed E-state index contributed by atoms with van der Waals surface area (Å²) in [6, 6.07) is 6.09. The Morgan fingerprint density at radius 3 is 2.80 bits per heavy atom. The predicted molar refractivity (Wildman–Crippen MR) is 90.8 cm³/mol. The van der Waals surface area contributed by atoms with Gasteiger partial charge in [-0.3, -0.25) is 4.79 Å². The fraction of sp³-hybridized carbons (Fsp3) is 0.474. The van der Waals surface area contributed by atoms with E-state index in [2.05, 4.69) is 5.16 Å². The normalized spacial score (nSPS) is 19.3. The molecule has 0 saturated carbocycles. The van der Waals surface area contributed by atoms with Crippen molar-refractivity contribution in [1.29, 1.82) is 0 Å². The molecule has 1 unspecified atom stereocenters. The molecule has 1 saturated heterocycles. The average molecular weight is 342 g/mol. The highest BCUT2D eigenvalue weighted by Gasteiger charge is 2.31. The fourth-order valence-corrected chi connectivity index (χ4v) is 3.69. The van der Waals surface area contributed by atoms with Gasteiger partial charge in [0, 0.05) is 12.1 Å². The number of hydrogen-bond acceptors (Lipinski definition) is 5. The van der Waals surface area contributed by atoms with E-state index < -0.39 is 0 Å². The van der Waals surface area contributed by atoms with Crippen molar-refractivity contribution in [2.75, 3.05) is 19.8 Å². The van der Waals surface area contributed by atoms with Crippen molar-refractivity contribution in [3.63, 3.8) is 0 Å². The zero-order valence-corrected chi connectivity index (χ0v) is 14.6. The van der Waals surface area contributed by atoms with Crippen molar-refractivity contribution >= 4 is 5.91 Å². The summed E-state index contributed by atoms with van der Waals surface area (Å²) in [4.78, 5) is 14.9. The number of ether oxygens (including phenoxy) is 2. The van der Waals surface area contributed by atoms with E-state index in [4.69, 9.17) is 14.0 Å². The Morgan fingerprint density at radius 2 is 2.04 bits per heavy atom. The standard InChI is InChI=1S/C19H22N2O4/c1-12-15(13(2)25-20-12)11-19(22)21-7-3-4-16(21)14-5-6-17-18(10-14)24-9-8-23-17/h5-6,10,16H,3-4,7-9,11H2,1-2H3. The minimum atomic E-state index is 0.0869. The molecular weight excluding hydrogens is 320 g/mol. The van der Waals surface area contributed by atoms with E-state index >= 15 is 0 Å². The Morgan fingerprint density at radius 1 is 1.24 bits per heavy atom. The van der Waals surface area contributed by atoms with Gasteiger partial charge in [-0.1, -0.05) is 11.2 Å². The van der Waals surface area contributed by atoms with Crippen LogP contribution in [0.1, 0.15) is 41.5 Å². The molecule has 2 aliphatic heterocycles. The highest BCUT2D eigenvalue weighted by Crippen LogP contribution is 2.38. The average Bonchev–Trinajstić information content (AvgIpc) is 3.23. The number of likely N-dealkylation sites (tertiary alicyclic amines) is 1. The molecule has 1 atom stereocenters. The van der Waals surface area contributed by atoms with Crippen LogP contribution in [-0.4, -0.2) is 35.7 Å². The van der Waals surface area contributed by atoms with E-state index in [-0.39, 0.29) is 11.9 Å². The van der Waals surface area contributed by atoms with E-state index in [1.165, 1.54) is 0 Å². The number of fused-ring (bicyclic) bond motifs is 1. The molecule has 0 N–H and O–H groups in total. The van der Waals surface area contributed by atoms with Crippen LogP contribution in [0.4, 0.5) is 0 Å². The molecule has 6 heteroatoms. The highest BCUT2D eigenvalue weighted by molar-refractivity contribution is 5.80. The Bertz CT molecular complexity index is 779. The highest BCUT2D eigenvalue weighted by atomic mass is 16.6. The Kier molecular flexibility index (Phi) is 4.11.